The van der Waals surface area contributed by atoms with Crippen LogP contribution in [0.2, 0.25) is 5.02 Å². The van der Waals surface area contributed by atoms with Crippen LogP contribution in [0.1, 0.15) is 6.42 Å². The predicted octanol–water partition coefficient (Wildman–Crippen LogP) is 3.25. The predicted molar refractivity (Wildman–Crippen MR) is 50.5 cm³/mol. The van der Waals surface area contributed by atoms with Gasteiger partial charge in [-0.1, -0.05) is 11.6 Å². The second kappa shape index (κ2) is 5.02. The maximum absolute atomic E-state index is 13.0. The summed E-state index contributed by atoms with van der Waals surface area (Å²) in [4.78, 5) is 0. The molecule has 1 N–H and O–H groups in total. The van der Waals surface area contributed by atoms with Gasteiger partial charge in [-0.05, 0) is 24.6 Å². The second-order valence-corrected chi connectivity index (χ2v) is 3.03. The van der Waals surface area contributed by atoms with Crippen molar-refractivity contribution in [1.29, 1.82) is 0 Å². The fraction of sp³-hybridized carbons (Fsp3) is 0.333. The molecule has 13 heavy (non-hydrogen) atoms. The van der Waals surface area contributed by atoms with Crippen molar-refractivity contribution in [3.8, 4) is 0 Å². The third-order valence-corrected chi connectivity index (χ3v) is 1.79. The molecule has 0 aliphatic rings. The van der Waals surface area contributed by atoms with Crippen molar-refractivity contribution in [2.24, 2.45) is 0 Å². The molecule has 0 spiro atoms. The molecule has 0 unspecified atom stereocenters. The zero-order valence-electron chi connectivity index (χ0n) is 6.99. The summed E-state index contributed by atoms with van der Waals surface area (Å²) in [7, 11) is 0. The van der Waals surface area contributed by atoms with Crippen LogP contribution >= 0.6 is 11.6 Å². The van der Waals surface area contributed by atoms with Crippen LogP contribution in [0.5, 0.6) is 0 Å². The number of alkyl halides is 1. The minimum Gasteiger partial charge on any atom is -0.383 e. The van der Waals surface area contributed by atoms with Gasteiger partial charge in [0, 0.05) is 11.6 Å². The van der Waals surface area contributed by atoms with Crippen molar-refractivity contribution in [2.45, 2.75) is 6.42 Å². The normalized spacial score (nSPS) is 10.1. The SMILES string of the molecule is FCCCNc1ccc(Cl)cc1F. The zero-order valence-corrected chi connectivity index (χ0v) is 7.74. The number of nitrogens with one attached hydrogen (secondary N) is 1. The maximum atomic E-state index is 13.0. The largest absolute Gasteiger partial charge is 0.383 e. The van der Waals surface area contributed by atoms with E-state index in [2.05, 4.69) is 5.32 Å². The Morgan fingerprint density at radius 1 is 1.38 bits per heavy atom. The van der Waals surface area contributed by atoms with Gasteiger partial charge in [0.2, 0.25) is 0 Å². The van der Waals surface area contributed by atoms with Gasteiger partial charge in [-0.2, -0.15) is 0 Å². The smallest absolute Gasteiger partial charge is 0.147 e. The topological polar surface area (TPSA) is 12.0 Å². The molecule has 0 heterocycles. The van der Waals surface area contributed by atoms with Crippen LogP contribution in [0.3, 0.4) is 0 Å². The van der Waals surface area contributed by atoms with Crippen LogP contribution in [0.4, 0.5) is 14.5 Å². The van der Waals surface area contributed by atoms with E-state index >= 15 is 0 Å². The Hall–Kier alpha value is -0.830. The molecule has 4 heteroatoms. The van der Waals surface area contributed by atoms with Crippen LogP contribution in [0.15, 0.2) is 18.2 Å². The summed E-state index contributed by atoms with van der Waals surface area (Å²) in [6.07, 6.45) is 0.377. The summed E-state index contributed by atoms with van der Waals surface area (Å²) >= 11 is 5.55. The van der Waals surface area contributed by atoms with Crippen molar-refractivity contribution in [3.63, 3.8) is 0 Å². The lowest BCUT2D eigenvalue weighted by atomic mass is 10.3. The van der Waals surface area contributed by atoms with E-state index in [0.29, 0.717) is 23.7 Å². The number of halogens is 3. The van der Waals surface area contributed by atoms with E-state index in [1.807, 2.05) is 0 Å². The fourth-order valence-electron chi connectivity index (χ4n) is 0.923. The maximum Gasteiger partial charge on any atom is 0.147 e. The zero-order chi connectivity index (χ0) is 9.68. The van der Waals surface area contributed by atoms with E-state index in [1.165, 1.54) is 12.1 Å². The standard InChI is InChI=1S/C9H10ClF2N/c10-7-2-3-9(8(12)6-7)13-5-1-4-11/h2-3,6,13H,1,4-5H2. The number of anilines is 1. The molecule has 0 aromatic heterocycles. The lowest BCUT2D eigenvalue weighted by molar-refractivity contribution is 0.480. The van der Waals surface area contributed by atoms with Gasteiger partial charge in [-0.15, -0.1) is 0 Å². The van der Waals surface area contributed by atoms with E-state index in [-0.39, 0.29) is 0 Å². The van der Waals surface area contributed by atoms with Crippen LogP contribution in [0, 0.1) is 5.82 Å². The summed E-state index contributed by atoms with van der Waals surface area (Å²) in [5, 5.41) is 3.12. The van der Waals surface area contributed by atoms with Gasteiger partial charge < -0.3 is 5.32 Å². The molecular weight excluding hydrogens is 196 g/mol. The molecule has 0 amide bonds. The van der Waals surface area contributed by atoms with Crippen LogP contribution in [-0.4, -0.2) is 13.2 Å². The van der Waals surface area contributed by atoms with Crippen LogP contribution in [0.25, 0.3) is 0 Å². The lowest BCUT2D eigenvalue weighted by Crippen LogP contribution is -2.03. The first-order valence-electron chi connectivity index (χ1n) is 3.99. The number of hydrogen-bond donors (Lipinski definition) is 1. The highest BCUT2D eigenvalue weighted by molar-refractivity contribution is 6.30. The molecule has 0 atom stereocenters. The summed E-state index contributed by atoms with van der Waals surface area (Å²) in [6, 6.07) is 4.34. The molecule has 0 aliphatic carbocycles. The quantitative estimate of drug-likeness (QED) is 0.744. The summed E-state index contributed by atoms with van der Waals surface area (Å²) in [6.45, 7) is 0.0251. The molecule has 1 aromatic rings. The van der Waals surface area contributed by atoms with Crippen molar-refractivity contribution in [1.82, 2.24) is 0 Å². The van der Waals surface area contributed by atoms with Gasteiger partial charge in [-0.25, -0.2) is 4.39 Å². The Kier molecular flexibility index (Phi) is 3.96. The van der Waals surface area contributed by atoms with Gasteiger partial charge >= 0.3 is 0 Å². The lowest BCUT2D eigenvalue weighted by Gasteiger charge is -2.05. The molecule has 1 rings (SSSR count). The summed E-state index contributed by atoms with van der Waals surface area (Å²) in [5.74, 6) is -0.411. The third kappa shape index (κ3) is 3.19. The molecule has 1 aromatic carbocycles. The summed E-state index contributed by atoms with van der Waals surface area (Å²) in [5.41, 5.74) is 0.359. The monoisotopic (exact) mass is 205 g/mol. The van der Waals surface area contributed by atoms with E-state index in [9.17, 15) is 8.78 Å². The minimum atomic E-state index is -0.411. The molecular formula is C9H10ClF2N. The van der Waals surface area contributed by atoms with E-state index < -0.39 is 12.5 Å². The van der Waals surface area contributed by atoms with Crippen molar-refractivity contribution in [2.75, 3.05) is 18.5 Å². The second-order valence-electron chi connectivity index (χ2n) is 2.59. The highest BCUT2D eigenvalue weighted by Gasteiger charge is 2.00. The third-order valence-electron chi connectivity index (χ3n) is 1.56. The molecule has 0 fully saturated rings. The van der Waals surface area contributed by atoms with Crippen LogP contribution < -0.4 is 5.32 Å². The summed E-state index contributed by atoms with van der Waals surface area (Å²) < 4.78 is 24.7. The minimum absolute atomic E-state index is 0.355. The molecule has 0 aliphatic heterocycles. The van der Waals surface area contributed by atoms with E-state index in [1.54, 1.807) is 6.07 Å². The van der Waals surface area contributed by atoms with Gasteiger partial charge in [0.05, 0.1) is 12.4 Å². The van der Waals surface area contributed by atoms with Crippen molar-refractivity contribution < 1.29 is 8.78 Å². The fourth-order valence-corrected chi connectivity index (χ4v) is 1.08. The first-order chi connectivity index (χ1) is 6.24. The average molecular weight is 206 g/mol. The first-order valence-corrected chi connectivity index (χ1v) is 4.36. The van der Waals surface area contributed by atoms with E-state index in [4.69, 9.17) is 11.6 Å². The average Bonchev–Trinajstić information content (AvgIpc) is 2.09. The Balaban J connectivity index is 2.56. The first kappa shape index (κ1) is 10.3. The highest BCUT2D eigenvalue weighted by Crippen LogP contribution is 2.18. The molecule has 0 saturated carbocycles. The van der Waals surface area contributed by atoms with E-state index in [0.717, 1.165) is 0 Å². The van der Waals surface area contributed by atoms with Crippen LogP contribution in [-0.2, 0) is 0 Å². The Bertz CT molecular complexity index is 278. The van der Waals surface area contributed by atoms with Gasteiger partial charge in [0.1, 0.15) is 5.82 Å². The number of benzene rings is 1. The molecule has 0 saturated heterocycles. The van der Waals surface area contributed by atoms with Gasteiger partial charge in [0.15, 0.2) is 0 Å². The van der Waals surface area contributed by atoms with Crippen molar-refractivity contribution in [3.05, 3.63) is 29.0 Å². The van der Waals surface area contributed by atoms with Crippen molar-refractivity contribution >= 4 is 17.3 Å². The Labute approximate surface area is 80.7 Å². The number of rotatable bonds is 4. The highest BCUT2D eigenvalue weighted by atomic mass is 35.5. The Morgan fingerprint density at radius 2 is 2.15 bits per heavy atom. The molecule has 0 radical (unpaired) electrons. The molecule has 72 valence electrons. The Morgan fingerprint density at radius 3 is 2.77 bits per heavy atom. The van der Waals surface area contributed by atoms with Gasteiger partial charge in [-0.3, -0.25) is 4.39 Å². The number of hydrogen-bond acceptors (Lipinski definition) is 1. The molecule has 0 bridgehead atoms. The van der Waals surface area contributed by atoms with Gasteiger partial charge in [0.25, 0.3) is 0 Å². The molecule has 1 nitrogen and oxygen atoms in total.